The van der Waals surface area contributed by atoms with Crippen LogP contribution in [0.4, 0.5) is 0 Å². The van der Waals surface area contributed by atoms with Crippen LogP contribution in [0.3, 0.4) is 0 Å². The van der Waals surface area contributed by atoms with E-state index in [-0.39, 0.29) is 45.2 Å². The van der Waals surface area contributed by atoms with Gasteiger partial charge in [-0.15, -0.1) is 0 Å². The zero-order chi connectivity index (χ0) is 25.1. The van der Waals surface area contributed by atoms with Crippen LogP contribution in [0.2, 0.25) is 0 Å². The first kappa shape index (κ1) is 25.2. The van der Waals surface area contributed by atoms with Crippen LogP contribution in [-0.4, -0.2) is 33.8 Å². The Morgan fingerprint density at radius 2 is 1.47 bits per heavy atom. The molecule has 0 aromatic heterocycles. The summed E-state index contributed by atoms with van der Waals surface area (Å²) in [7, 11) is 0. The minimum atomic E-state index is -0.405. The SMILES string of the molecule is C=C1C(OO)C[C@@]2(C)C(C1C)C1CCC3[C@@]4(C)CC[C@H](O)C(C)(C)C4CC[C@@]3(C)[C@]1(C)C[C@@H]2O. The van der Waals surface area contributed by atoms with Crippen molar-refractivity contribution < 1.29 is 20.4 Å². The van der Waals surface area contributed by atoms with Crippen LogP contribution in [0.1, 0.15) is 99.8 Å². The van der Waals surface area contributed by atoms with Crippen LogP contribution >= 0.6 is 0 Å². The maximum atomic E-state index is 11.8. The lowest BCUT2D eigenvalue weighted by Crippen LogP contribution is -2.69. The number of aliphatic hydroxyl groups excluding tert-OH is 2. The molecule has 0 radical (unpaired) electrons. The fraction of sp³-hybridized carbons (Fsp3) is 0.933. The molecule has 0 aromatic carbocycles. The highest BCUT2D eigenvalue weighted by Gasteiger charge is 2.71. The van der Waals surface area contributed by atoms with E-state index in [1.54, 1.807) is 0 Å². The fourth-order valence-electron chi connectivity index (χ4n) is 11.6. The number of rotatable bonds is 1. The van der Waals surface area contributed by atoms with Gasteiger partial charge in [0, 0.05) is 5.41 Å². The first-order valence-electron chi connectivity index (χ1n) is 14.0. The lowest BCUT2D eigenvalue weighted by atomic mass is 9.31. The molecule has 5 rings (SSSR count). The van der Waals surface area contributed by atoms with Crippen LogP contribution in [0.15, 0.2) is 12.2 Å². The van der Waals surface area contributed by atoms with E-state index in [4.69, 9.17) is 4.89 Å². The van der Waals surface area contributed by atoms with Gasteiger partial charge in [0.1, 0.15) is 6.10 Å². The van der Waals surface area contributed by atoms with Crippen LogP contribution in [-0.2, 0) is 4.89 Å². The van der Waals surface area contributed by atoms with Crippen LogP contribution in [0, 0.1) is 56.7 Å². The van der Waals surface area contributed by atoms with Crippen molar-refractivity contribution in [3.8, 4) is 0 Å². The van der Waals surface area contributed by atoms with Gasteiger partial charge < -0.3 is 10.2 Å². The predicted octanol–water partition coefficient (Wildman–Crippen LogP) is 6.46. The minimum Gasteiger partial charge on any atom is -0.393 e. The Labute approximate surface area is 207 Å². The standard InChI is InChI=1S/C30H50O4/c1-17-18(2)25-19-9-10-22-27(5)13-12-23(31)26(3,4)21(27)11-14-29(22,7)30(19,8)16-24(32)28(25,6)15-20(17)34-33/h18-25,31-33H,1,9-16H2,2-8H3/t18?,19?,20?,21?,22?,23-,24-,25?,27-,28+,29+,30+/m0/s1. The summed E-state index contributed by atoms with van der Waals surface area (Å²) in [6.45, 7) is 21.1. The second kappa shape index (κ2) is 7.55. The van der Waals surface area contributed by atoms with Gasteiger partial charge in [-0.25, -0.2) is 4.89 Å². The Morgan fingerprint density at radius 1 is 0.794 bits per heavy atom. The molecular formula is C30H50O4. The van der Waals surface area contributed by atoms with E-state index in [0.717, 1.165) is 24.8 Å². The van der Waals surface area contributed by atoms with Crippen molar-refractivity contribution in [2.75, 3.05) is 0 Å². The Morgan fingerprint density at radius 3 is 2.12 bits per heavy atom. The first-order chi connectivity index (χ1) is 15.7. The quantitative estimate of drug-likeness (QED) is 0.232. The molecule has 12 atom stereocenters. The number of fused-ring (bicyclic) bond motifs is 7. The maximum Gasteiger partial charge on any atom is 0.114 e. The van der Waals surface area contributed by atoms with Crippen LogP contribution in [0.25, 0.3) is 0 Å². The van der Waals surface area contributed by atoms with Gasteiger partial charge in [0.25, 0.3) is 0 Å². The highest BCUT2D eigenvalue weighted by atomic mass is 17.1. The van der Waals surface area contributed by atoms with Crippen molar-refractivity contribution in [2.24, 2.45) is 56.7 Å². The smallest absolute Gasteiger partial charge is 0.114 e. The van der Waals surface area contributed by atoms with Crippen LogP contribution in [0.5, 0.6) is 0 Å². The van der Waals surface area contributed by atoms with Crippen molar-refractivity contribution in [1.82, 2.24) is 0 Å². The summed E-state index contributed by atoms with van der Waals surface area (Å²) in [4.78, 5) is 4.87. The Kier molecular flexibility index (Phi) is 5.61. The van der Waals surface area contributed by atoms with E-state index in [1.165, 1.54) is 25.7 Å². The topological polar surface area (TPSA) is 69.9 Å². The normalized spacial score (nSPS) is 58.8. The molecule has 0 spiro atoms. The molecule has 34 heavy (non-hydrogen) atoms. The van der Waals surface area contributed by atoms with Gasteiger partial charge in [0.2, 0.25) is 0 Å². The van der Waals surface area contributed by atoms with Crippen molar-refractivity contribution >= 4 is 0 Å². The summed E-state index contributed by atoms with van der Waals surface area (Å²) in [6, 6.07) is 0. The minimum absolute atomic E-state index is 0.0360. The molecule has 5 aliphatic carbocycles. The third kappa shape index (κ3) is 2.86. The third-order valence-electron chi connectivity index (χ3n) is 13.8. The molecule has 5 saturated carbocycles. The van der Waals surface area contributed by atoms with Gasteiger partial charge in [0.15, 0.2) is 0 Å². The monoisotopic (exact) mass is 474 g/mol. The van der Waals surface area contributed by atoms with Gasteiger partial charge in [-0.3, -0.25) is 5.26 Å². The molecule has 5 aliphatic rings. The molecule has 0 aromatic rings. The summed E-state index contributed by atoms with van der Waals surface area (Å²) in [5, 5.41) is 32.3. The highest BCUT2D eigenvalue weighted by molar-refractivity contribution is 5.24. The summed E-state index contributed by atoms with van der Waals surface area (Å²) in [6.07, 6.45) is 7.35. The first-order valence-corrected chi connectivity index (χ1v) is 14.0. The zero-order valence-corrected chi connectivity index (χ0v) is 22.7. The van der Waals surface area contributed by atoms with Gasteiger partial charge in [-0.2, -0.15) is 0 Å². The molecular weight excluding hydrogens is 424 g/mol. The van der Waals surface area contributed by atoms with Gasteiger partial charge in [-0.1, -0.05) is 55.0 Å². The fourth-order valence-corrected chi connectivity index (χ4v) is 11.6. The van der Waals surface area contributed by atoms with Gasteiger partial charge in [-0.05, 0) is 108 Å². The highest BCUT2D eigenvalue weighted by Crippen LogP contribution is 2.76. The third-order valence-corrected chi connectivity index (χ3v) is 13.8. The molecule has 6 unspecified atom stereocenters. The Bertz CT molecular complexity index is 853. The lowest BCUT2D eigenvalue weighted by molar-refractivity contribution is -0.306. The van der Waals surface area contributed by atoms with E-state index in [9.17, 15) is 15.5 Å². The van der Waals surface area contributed by atoms with Crippen molar-refractivity contribution in [3.05, 3.63) is 12.2 Å². The second-order valence-electron chi connectivity index (χ2n) is 15.0. The zero-order valence-electron chi connectivity index (χ0n) is 22.7. The summed E-state index contributed by atoms with van der Waals surface area (Å²) in [5.41, 5.74) is 1.17. The number of hydrogen-bond acceptors (Lipinski definition) is 4. The summed E-state index contributed by atoms with van der Waals surface area (Å²) >= 11 is 0. The average molecular weight is 475 g/mol. The number of hydrogen-bond donors (Lipinski definition) is 3. The molecule has 4 nitrogen and oxygen atoms in total. The molecule has 0 aliphatic heterocycles. The van der Waals surface area contributed by atoms with E-state index >= 15 is 0 Å². The van der Waals surface area contributed by atoms with Crippen molar-refractivity contribution in [1.29, 1.82) is 0 Å². The van der Waals surface area contributed by atoms with Gasteiger partial charge in [0.05, 0.1) is 12.2 Å². The molecule has 0 saturated heterocycles. The molecule has 0 bridgehead atoms. The van der Waals surface area contributed by atoms with E-state index < -0.39 is 6.10 Å². The predicted molar refractivity (Wildman–Crippen MR) is 135 cm³/mol. The molecule has 194 valence electrons. The van der Waals surface area contributed by atoms with E-state index in [0.29, 0.717) is 30.1 Å². The van der Waals surface area contributed by atoms with Gasteiger partial charge >= 0.3 is 0 Å². The summed E-state index contributed by atoms with van der Waals surface area (Å²) < 4.78 is 0. The molecule has 3 N–H and O–H groups in total. The Hall–Kier alpha value is -0.420. The lowest BCUT2D eigenvalue weighted by Gasteiger charge is -2.74. The molecule has 5 fully saturated rings. The van der Waals surface area contributed by atoms with Crippen LogP contribution < -0.4 is 0 Å². The maximum absolute atomic E-state index is 11.8. The molecule has 4 heteroatoms. The van der Waals surface area contributed by atoms with Crippen molar-refractivity contribution in [3.63, 3.8) is 0 Å². The molecule has 0 heterocycles. The van der Waals surface area contributed by atoms with E-state index in [1.807, 2.05) is 0 Å². The Balaban J connectivity index is 1.56. The second-order valence-corrected chi connectivity index (χ2v) is 15.0. The molecule has 0 amide bonds. The number of aliphatic hydroxyl groups is 2. The van der Waals surface area contributed by atoms with E-state index in [2.05, 4.69) is 55.0 Å². The largest absolute Gasteiger partial charge is 0.393 e. The average Bonchev–Trinajstić information content (AvgIpc) is 2.75. The summed E-state index contributed by atoms with van der Waals surface area (Å²) in [5.74, 6) is 2.28. The van der Waals surface area contributed by atoms with Crippen molar-refractivity contribution in [2.45, 2.75) is 118 Å².